The zero-order valence-electron chi connectivity index (χ0n) is 14.5. The van der Waals surface area contributed by atoms with Crippen LogP contribution in [0.1, 0.15) is 53.8 Å². The van der Waals surface area contributed by atoms with Crippen molar-refractivity contribution in [3.8, 4) is 0 Å². The Morgan fingerprint density at radius 3 is 2.64 bits per heavy atom. The number of nitrogens with one attached hydrogen (secondary N) is 2. The molecule has 1 fully saturated rings. The molecule has 2 amide bonds. The van der Waals surface area contributed by atoms with Crippen molar-refractivity contribution in [1.82, 2.24) is 0 Å². The molecule has 0 saturated heterocycles. The van der Waals surface area contributed by atoms with Gasteiger partial charge in [0.05, 0.1) is 4.88 Å². The first kappa shape index (κ1) is 17.7. The molecule has 2 aromatic rings. The van der Waals surface area contributed by atoms with Gasteiger partial charge in [-0.2, -0.15) is 0 Å². The molecule has 1 heterocycles. The maximum Gasteiger partial charge on any atom is 0.265 e. The molecule has 0 radical (unpaired) electrons. The van der Waals surface area contributed by atoms with Gasteiger partial charge < -0.3 is 10.6 Å². The molecule has 0 aliphatic heterocycles. The second-order valence-electron chi connectivity index (χ2n) is 6.72. The molecule has 1 aliphatic carbocycles. The van der Waals surface area contributed by atoms with Crippen LogP contribution >= 0.6 is 11.3 Å². The van der Waals surface area contributed by atoms with Crippen LogP contribution in [0, 0.1) is 12.8 Å². The van der Waals surface area contributed by atoms with Crippen molar-refractivity contribution in [2.75, 3.05) is 10.6 Å². The third-order valence-corrected chi connectivity index (χ3v) is 5.58. The SMILES string of the molecule is Cc1ccc(NC(=O)c2cccs2)cc1NC(=O)CC1CCCCC1. The molecule has 0 atom stereocenters. The van der Waals surface area contributed by atoms with Crippen molar-refractivity contribution in [3.05, 3.63) is 46.2 Å². The molecular formula is C20H24N2O2S. The summed E-state index contributed by atoms with van der Waals surface area (Å²) >= 11 is 1.41. The summed E-state index contributed by atoms with van der Waals surface area (Å²) in [6.45, 7) is 1.96. The molecule has 0 spiro atoms. The Kier molecular flexibility index (Phi) is 5.87. The van der Waals surface area contributed by atoms with Crippen LogP contribution in [0.15, 0.2) is 35.7 Å². The summed E-state index contributed by atoms with van der Waals surface area (Å²) in [6, 6.07) is 9.25. The lowest BCUT2D eigenvalue weighted by atomic mass is 9.87. The second kappa shape index (κ2) is 8.30. The van der Waals surface area contributed by atoms with Gasteiger partial charge in [-0.3, -0.25) is 9.59 Å². The fraction of sp³-hybridized carbons (Fsp3) is 0.400. The summed E-state index contributed by atoms with van der Waals surface area (Å²) < 4.78 is 0. The average molecular weight is 356 g/mol. The normalized spacial score (nSPS) is 14.9. The van der Waals surface area contributed by atoms with E-state index in [1.54, 1.807) is 6.07 Å². The fourth-order valence-electron chi connectivity index (χ4n) is 3.29. The van der Waals surface area contributed by atoms with E-state index in [0.29, 0.717) is 22.9 Å². The van der Waals surface area contributed by atoms with Crippen LogP contribution in [0.4, 0.5) is 11.4 Å². The molecule has 1 aromatic carbocycles. The summed E-state index contributed by atoms with van der Waals surface area (Å²) in [5.74, 6) is 0.450. The van der Waals surface area contributed by atoms with Gasteiger partial charge in [0, 0.05) is 17.8 Å². The number of carbonyl (C=O) groups is 2. The van der Waals surface area contributed by atoms with E-state index < -0.39 is 0 Å². The molecule has 1 aliphatic rings. The molecule has 25 heavy (non-hydrogen) atoms. The Morgan fingerprint density at radius 1 is 1.12 bits per heavy atom. The minimum atomic E-state index is -0.127. The van der Waals surface area contributed by atoms with Crippen LogP contribution in [0.25, 0.3) is 0 Å². The standard InChI is InChI=1S/C20H24N2O2S/c1-14-9-10-16(21-20(24)18-8-5-11-25-18)13-17(14)22-19(23)12-15-6-3-2-4-7-15/h5,8-11,13,15H,2-4,6-7,12H2,1H3,(H,21,24)(H,22,23). The number of carbonyl (C=O) groups excluding carboxylic acids is 2. The van der Waals surface area contributed by atoms with Crippen LogP contribution in [0.3, 0.4) is 0 Å². The van der Waals surface area contributed by atoms with E-state index in [-0.39, 0.29) is 11.8 Å². The highest BCUT2D eigenvalue weighted by Crippen LogP contribution is 2.27. The van der Waals surface area contributed by atoms with Crippen LogP contribution < -0.4 is 10.6 Å². The first-order valence-electron chi connectivity index (χ1n) is 8.87. The maximum atomic E-state index is 12.4. The highest BCUT2D eigenvalue weighted by molar-refractivity contribution is 7.12. The van der Waals surface area contributed by atoms with E-state index in [1.165, 1.54) is 30.6 Å². The van der Waals surface area contributed by atoms with E-state index >= 15 is 0 Å². The molecule has 0 bridgehead atoms. The van der Waals surface area contributed by atoms with E-state index in [0.717, 1.165) is 24.1 Å². The molecule has 132 valence electrons. The zero-order chi connectivity index (χ0) is 17.6. The van der Waals surface area contributed by atoms with Gasteiger partial charge in [-0.25, -0.2) is 0 Å². The topological polar surface area (TPSA) is 58.2 Å². The number of aryl methyl sites for hydroxylation is 1. The molecule has 4 nitrogen and oxygen atoms in total. The van der Waals surface area contributed by atoms with Crippen LogP contribution in [-0.2, 0) is 4.79 Å². The van der Waals surface area contributed by atoms with Gasteiger partial charge in [0.25, 0.3) is 5.91 Å². The molecular weight excluding hydrogens is 332 g/mol. The van der Waals surface area contributed by atoms with Gasteiger partial charge in [-0.1, -0.05) is 31.4 Å². The smallest absolute Gasteiger partial charge is 0.265 e. The zero-order valence-corrected chi connectivity index (χ0v) is 15.3. The molecule has 0 unspecified atom stereocenters. The number of anilines is 2. The quantitative estimate of drug-likeness (QED) is 0.772. The molecule has 3 rings (SSSR count). The van der Waals surface area contributed by atoms with Crippen molar-refractivity contribution >= 4 is 34.5 Å². The van der Waals surface area contributed by atoms with Crippen molar-refractivity contribution in [1.29, 1.82) is 0 Å². The Morgan fingerprint density at radius 2 is 1.92 bits per heavy atom. The van der Waals surface area contributed by atoms with Gasteiger partial charge in [-0.15, -0.1) is 11.3 Å². The molecule has 1 saturated carbocycles. The van der Waals surface area contributed by atoms with Crippen molar-refractivity contribution in [3.63, 3.8) is 0 Å². The van der Waals surface area contributed by atoms with Gasteiger partial charge in [0.1, 0.15) is 0 Å². The van der Waals surface area contributed by atoms with Crippen molar-refractivity contribution in [2.24, 2.45) is 5.92 Å². The minimum absolute atomic E-state index is 0.0664. The van der Waals surface area contributed by atoms with Gasteiger partial charge >= 0.3 is 0 Å². The van der Waals surface area contributed by atoms with E-state index in [9.17, 15) is 9.59 Å². The predicted octanol–water partition coefficient (Wildman–Crippen LogP) is 5.22. The molecule has 5 heteroatoms. The highest BCUT2D eigenvalue weighted by Gasteiger charge is 2.17. The average Bonchev–Trinajstić information content (AvgIpc) is 3.13. The largest absolute Gasteiger partial charge is 0.326 e. The van der Waals surface area contributed by atoms with E-state index in [1.807, 2.05) is 36.6 Å². The van der Waals surface area contributed by atoms with Gasteiger partial charge in [-0.05, 0) is 54.8 Å². The number of hydrogen-bond acceptors (Lipinski definition) is 3. The summed E-state index contributed by atoms with van der Waals surface area (Å²) in [5, 5.41) is 7.78. The predicted molar refractivity (Wildman–Crippen MR) is 103 cm³/mol. The van der Waals surface area contributed by atoms with Crippen LogP contribution in [0.5, 0.6) is 0 Å². The lowest BCUT2D eigenvalue weighted by Gasteiger charge is -2.21. The van der Waals surface area contributed by atoms with E-state index in [4.69, 9.17) is 0 Å². The number of rotatable bonds is 5. The third kappa shape index (κ3) is 4.92. The lowest BCUT2D eigenvalue weighted by molar-refractivity contribution is -0.117. The monoisotopic (exact) mass is 356 g/mol. The first-order chi connectivity index (χ1) is 12.1. The minimum Gasteiger partial charge on any atom is -0.326 e. The lowest BCUT2D eigenvalue weighted by Crippen LogP contribution is -2.19. The number of hydrogen-bond donors (Lipinski definition) is 2. The maximum absolute atomic E-state index is 12.4. The second-order valence-corrected chi connectivity index (χ2v) is 7.67. The summed E-state index contributed by atoms with van der Waals surface area (Å²) in [7, 11) is 0. The van der Waals surface area contributed by atoms with Crippen LogP contribution in [0.2, 0.25) is 0 Å². The number of benzene rings is 1. The van der Waals surface area contributed by atoms with Crippen molar-refractivity contribution in [2.45, 2.75) is 45.4 Å². The summed E-state index contributed by atoms with van der Waals surface area (Å²) in [5.41, 5.74) is 2.45. The van der Waals surface area contributed by atoms with Gasteiger partial charge in [0.2, 0.25) is 5.91 Å². The third-order valence-electron chi connectivity index (χ3n) is 4.71. The van der Waals surface area contributed by atoms with Crippen molar-refractivity contribution < 1.29 is 9.59 Å². The fourth-order valence-corrected chi connectivity index (χ4v) is 3.91. The molecule has 1 aromatic heterocycles. The van der Waals surface area contributed by atoms with E-state index in [2.05, 4.69) is 10.6 Å². The first-order valence-corrected chi connectivity index (χ1v) is 9.75. The summed E-state index contributed by atoms with van der Waals surface area (Å²) in [6.07, 6.45) is 6.67. The molecule has 2 N–H and O–H groups in total. The highest BCUT2D eigenvalue weighted by atomic mass is 32.1. The van der Waals surface area contributed by atoms with Crippen LogP contribution in [-0.4, -0.2) is 11.8 Å². The number of thiophene rings is 1. The Labute approximate surface area is 152 Å². The Balaban J connectivity index is 1.62. The Hall–Kier alpha value is -2.14. The number of amides is 2. The summed E-state index contributed by atoms with van der Waals surface area (Å²) in [4.78, 5) is 25.2. The van der Waals surface area contributed by atoms with Gasteiger partial charge in [0.15, 0.2) is 0 Å². The Bertz CT molecular complexity index is 734.